The van der Waals surface area contributed by atoms with Crippen LogP contribution in [0.15, 0.2) is 48.7 Å². The highest BCUT2D eigenvalue weighted by molar-refractivity contribution is 5.90. The Bertz CT molecular complexity index is 1380. The molecule has 2 heterocycles. The van der Waals surface area contributed by atoms with Gasteiger partial charge in [0.15, 0.2) is 12.2 Å². The minimum Gasteiger partial charge on any atom is -0.458 e. The third-order valence-corrected chi connectivity index (χ3v) is 8.71. The van der Waals surface area contributed by atoms with Gasteiger partial charge in [-0.2, -0.15) is 5.06 Å². The second-order valence-electron chi connectivity index (χ2n) is 13.3. The molecule has 1 aromatic heterocycles. The Morgan fingerprint density at radius 3 is 2.18 bits per heavy atom. The summed E-state index contributed by atoms with van der Waals surface area (Å²) in [5, 5.41) is 11.1. The Morgan fingerprint density at radius 2 is 1.59 bits per heavy atom. The van der Waals surface area contributed by atoms with Crippen molar-refractivity contribution in [3.63, 3.8) is 0 Å². The molecule has 1 aliphatic carbocycles. The Morgan fingerprint density at radius 1 is 0.918 bits per heavy atom. The number of anilines is 1. The number of likely N-dealkylation sites (N-methyl/N-ethyl adjacent to an activating group) is 2. The zero-order valence-corrected chi connectivity index (χ0v) is 29.2. The number of hydrogen-bond acceptors (Lipinski definition) is 12. The molecule has 1 aliphatic heterocycles. The van der Waals surface area contributed by atoms with Gasteiger partial charge in [0.2, 0.25) is 0 Å². The van der Waals surface area contributed by atoms with Crippen molar-refractivity contribution >= 4 is 29.6 Å². The summed E-state index contributed by atoms with van der Waals surface area (Å²) in [5.74, 6) is -1.82. The fraction of sp³-hybridized carbons (Fsp3) is 0.583. The smallest absolute Gasteiger partial charge is 0.347 e. The molecule has 0 radical (unpaired) electrons. The minimum absolute atomic E-state index is 0.0117. The predicted molar refractivity (Wildman–Crippen MR) is 179 cm³/mol. The number of benzene rings is 1. The number of aromatic nitrogens is 1. The molecule has 2 fully saturated rings. The monoisotopic (exact) mass is 682 g/mol. The van der Waals surface area contributed by atoms with Gasteiger partial charge in [0.05, 0.1) is 13.2 Å². The van der Waals surface area contributed by atoms with Gasteiger partial charge in [-0.05, 0) is 48.8 Å². The molecule has 0 spiro atoms. The summed E-state index contributed by atoms with van der Waals surface area (Å²) in [6.07, 6.45) is 1.63. The lowest BCUT2D eigenvalue weighted by molar-refractivity contribution is -0.181. The van der Waals surface area contributed by atoms with E-state index in [4.69, 9.17) is 18.9 Å². The largest absolute Gasteiger partial charge is 0.458 e. The number of morpholine rings is 1. The molecule has 13 heteroatoms. The normalized spacial score (nSPS) is 17.2. The van der Waals surface area contributed by atoms with Gasteiger partial charge < -0.3 is 34.0 Å². The zero-order valence-electron chi connectivity index (χ0n) is 29.2. The van der Waals surface area contributed by atoms with Crippen LogP contribution >= 0.6 is 0 Å². The SMILES string of the molecule is CC(C)C[C@@H](C(=O)O[C@H](C)C(=O)OCc1ccccc1)N(C)C(=O)[C@@H](Cc1ccc(N2CCOCC2)nc1)OC(=O)[C@H](CC1CC1)N(C)O. The zero-order chi connectivity index (χ0) is 35.5. The number of hydrogen-bond donors (Lipinski definition) is 1. The molecule has 1 N–H and O–H groups in total. The minimum atomic E-state index is -1.33. The maximum atomic E-state index is 14.2. The first-order valence-corrected chi connectivity index (χ1v) is 17.0. The topological polar surface area (TPSA) is 148 Å². The average Bonchev–Trinajstić information content (AvgIpc) is 3.93. The van der Waals surface area contributed by atoms with Crippen molar-refractivity contribution in [3.8, 4) is 0 Å². The summed E-state index contributed by atoms with van der Waals surface area (Å²) in [7, 11) is 2.84. The van der Waals surface area contributed by atoms with Gasteiger partial charge in [-0.25, -0.2) is 14.6 Å². The molecule has 0 unspecified atom stereocenters. The predicted octanol–water partition coefficient (Wildman–Crippen LogP) is 3.41. The molecule has 2 aliphatic rings. The summed E-state index contributed by atoms with van der Waals surface area (Å²) in [6.45, 7) is 7.88. The molecule has 268 valence electrons. The van der Waals surface area contributed by atoms with Crippen molar-refractivity contribution in [2.45, 2.75) is 83.8 Å². The van der Waals surface area contributed by atoms with E-state index in [9.17, 15) is 24.4 Å². The molecular weight excluding hydrogens is 632 g/mol. The van der Waals surface area contributed by atoms with Gasteiger partial charge in [0.1, 0.15) is 24.5 Å². The summed E-state index contributed by atoms with van der Waals surface area (Å²) in [6, 6.07) is 10.8. The standard InChI is InChI=1S/C36H50N4O9/c1-24(2)19-29(35(43)48-25(3)34(42)47-23-27-9-7-6-8-10-27)38(4)33(41)31(49-36(44)30(39(5)45)20-26-11-12-26)21-28-13-14-32(37-22-28)40-15-17-46-18-16-40/h6-10,13-14,22,24-26,29-31,45H,11-12,15-21,23H2,1-5H3/t25-,29+,30+,31-/m1/s1. The van der Waals surface area contributed by atoms with Crippen molar-refractivity contribution in [2.24, 2.45) is 11.8 Å². The van der Waals surface area contributed by atoms with Crippen LogP contribution in [0.4, 0.5) is 5.82 Å². The molecule has 1 aromatic carbocycles. The third kappa shape index (κ3) is 11.5. The fourth-order valence-electron chi connectivity index (χ4n) is 5.59. The van der Waals surface area contributed by atoms with Crippen molar-refractivity contribution in [1.82, 2.24) is 14.9 Å². The third-order valence-electron chi connectivity index (χ3n) is 8.71. The van der Waals surface area contributed by atoms with E-state index in [1.165, 1.54) is 25.9 Å². The van der Waals surface area contributed by atoms with E-state index in [0.717, 1.165) is 29.3 Å². The van der Waals surface area contributed by atoms with Crippen LogP contribution in [-0.4, -0.2) is 109 Å². The van der Waals surface area contributed by atoms with Crippen LogP contribution in [0.5, 0.6) is 0 Å². The van der Waals surface area contributed by atoms with E-state index in [0.29, 0.717) is 44.2 Å². The van der Waals surface area contributed by atoms with Gasteiger partial charge in [0, 0.05) is 39.8 Å². The Hall–Kier alpha value is -4.07. The van der Waals surface area contributed by atoms with Crippen LogP contribution in [0.2, 0.25) is 0 Å². The van der Waals surface area contributed by atoms with Crippen molar-refractivity contribution in [3.05, 3.63) is 59.8 Å². The van der Waals surface area contributed by atoms with Crippen LogP contribution in [0.3, 0.4) is 0 Å². The summed E-state index contributed by atoms with van der Waals surface area (Å²) >= 11 is 0. The first-order valence-electron chi connectivity index (χ1n) is 17.0. The van der Waals surface area contributed by atoms with E-state index in [-0.39, 0.29) is 25.4 Å². The molecule has 4 atom stereocenters. The van der Waals surface area contributed by atoms with Crippen LogP contribution in [0.1, 0.15) is 57.6 Å². The first-order chi connectivity index (χ1) is 23.4. The lowest BCUT2D eigenvalue weighted by atomic mass is 10.0. The van der Waals surface area contributed by atoms with E-state index in [1.54, 1.807) is 6.20 Å². The molecule has 1 amide bonds. The van der Waals surface area contributed by atoms with E-state index < -0.39 is 48.1 Å². The van der Waals surface area contributed by atoms with Gasteiger partial charge in [-0.15, -0.1) is 0 Å². The van der Waals surface area contributed by atoms with E-state index in [1.807, 2.05) is 56.3 Å². The van der Waals surface area contributed by atoms with Crippen LogP contribution in [0.25, 0.3) is 0 Å². The second kappa shape index (κ2) is 18.1. The molecule has 0 bridgehead atoms. The van der Waals surface area contributed by atoms with E-state index in [2.05, 4.69) is 9.88 Å². The maximum absolute atomic E-state index is 14.2. The summed E-state index contributed by atoms with van der Waals surface area (Å²) in [4.78, 5) is 61.7. The van der Waals surface area contributed by atoms with E-state index >= 15 is 0 Å². The number of carbonyl (C=O) groups is 4. The fourth-order valence-corrected chi connectivity index (χ4v) is 5.59. The van der Waals surface area contributed by atoms with Crippen LogP contribution in [0, 0.1) is 11.8 Å². The van der Waals surface area contributed by atoms with Crippen molar-refractivity contribution < 1.29 is 43.3 Å². The lowest BCUT2D eigenvalue weighted by Crippen LogP contribution is -2.51. The molecule has 1 saturated carbocycles. The quantitative estimate of drug-likeness (QED) is 0.148. The van der Waals surface area contributed by atoms with Gasteiger partial charge in [0.25, 0.3) is 5.91 Å². The molecule has 1 saturated heterocycles. The number of pyridine rings is 1. The second-order valence-corrected chi connectivity index (χ2v) is 13.3. The van der Waals surface area contributed by atoms with Gasteiger partial charge >= 0.3 is 17.9 Å². The summed E-state index contributed by atoms with van der Waals surface area (Å²) in [5.41, 5.74) is 1.43. The highest BCUT2D eigenvalue weighted by atomic mass is 16.6. The number of rotatable bonds is 17. The molecule has 49 heavy (non-hydrogen) atoms. The summed E-state index contributed by atoms with van der Waals surface area (Å²) < 4.78 is 22.1. The Balaban J connectivity index is 1.49. The number of esters is 3. The lowest BCUT2D eigenvalue weighted by Gasteiger charge is -2.32. The first kappa shape index (κ1) is 37.7. The number of carbonyl (C=O) groups excluding carboxylic acids is 4. The van der Waals surface area contributed by atoms with Gasteiger partial charge in [-0.3, -0.25) is 9.59 Å². The van der Waals surface area contributed by atoms with Crippen molar-refractivity contribution in [2.75, 3.05) is 45.3 Å². The van der Waals surface area contributed by atoms with Crippen LogP contribution in [-0.2, 0) is 51.2 Å². The Labute approximate surface area is 288 Å². The van der Waals surface area contributed by atoms with Crippen LogP contribution < -0.4 is 4.90 Å². The Kier molecular flexibility index (Phi) is 13.9. The number of amides is 1. The molecule has 4 rings (SSSR count). The van der Waals surface area contributed by atoms with Crippen molar-refractivity contribution in [1.29, 1.82) is 0 Å². The number of nitrogens with zero attached hydrogens (tertiary/aromatic N) is 4. The number of ether oxygens (including phenoxy) is 4. The molecule has 2 aromatic rings. The maximum Gasteiger partial charge on any atom is 0.347 e. The number of hydroxylamine groups is 2. The highest BCUT2D eigenvalue weighted by Gasteiger charge is 2.39. The highest BCUT2D eigenvalue weighted by Crippen LogP contribution is 2.34. The molecule has 13 nitrogen and oxygen atoms in total. The van der Waals surface area contributed by atoms with Gasteiger partial charge in [-0.1, -0.05) is 63.1 Å². The molecular formula is C36H50N4O9. The average molecular weight is 683 g/mol.